The van der Waals surface area contributed by atoms with Crippen molar-refractivity contribution >= 4 is 11.4 Å². The third kappa shape index (κ3) is 5.40. The van der Waals surface area contributed by atoms with Crippen LogP contribution in [0.5, 0.6) is 5.75 Å². The average molecular weight is 340 g/mol. The summed E-state index contributed by atoms with van der Waals surface area (Å²) in [5, 5.41) is 9.61. The number of aromatic nitrogens is 1. The second-order valence-electron chi connectivity index (χ2n) is 5.82. The highest BCUT2D eigenvalue weighted by atomic mass is 16.5. The second-order valence-corrected chi connectivity index (χ2v) is 5.82. The molecule has 0 amide bonds. The van der Waals surface area contributed by atoms with Gasteiger partial charge in [0, 0.05) is 23.7 Å². The molecule has 1 aliphatic heterocycles. The van der Waals surface area contributed by atoms with Gasteiger partial charge in [-0.1, -0.05) is 26.8 Å². The molecule has 1 aliphatic rings. The summed E-state index contributed by atoms with van der Waals surface area (Å²) in [5.41, 5.74) is 4.38. The number of rotatable bonds is 5. The number of pyridine rings is 1. The first kappa shape index (κ1) is 19.1. The molecule has 134 valence electrons. The molecule has 0 fully saturated rings. The van der Waals surface area contributed by atoms with Gasteiger partial charge in [-0.3, -0.25) is 9.98 Å². The number of nitrogens with zero attached hydrogens (tertiary/aromatic N) is 2. The van der Waals surface area contributed by atoms with Gasteiger partial charge in [-0.25, -0.2) is 0 Å². The van der Waals surface area contributed by atoms with Gasteiger partial charge in [-0.05, 0) is 55.5 Å². The standard InChI is InChI=1S/C19H22N2O2.C2H6/c1-2-16(22)13-23-17-8-9-19-14(11-17)5-3-7-18(21-19)15-6-4-10-20-12-15;1-2/h4,6,8-12,16,22H,2-3,5,7,13H2,1H3;1-2H3. The van der Waals surface area contributed by atoms with E-state index in [1.165, 1.54) is 5.56 Å². The summed E-state index contributed by atoms with van der Waals surface area (Å²) in [4.78, 5) is 9.02. The summed E-state index contributed by atoms with van der Waals surface area (Å²) in [6.07, 6.45) is 6.92. The minimum Gasteiger partial charge on any atom is -0.491 e. The summed E-state index contributed by atoms with van der Waals surface area (Å²) in [5.74, 6) is 0.802. The normalized spacial score (nSPS) is 14.3. The van der Waals surface area contributed by atoms with Crippen molar-refractivity contribution in [3.8, 4) is 5.75 Å². The van der Waals surface area contributed by atoms with Crippen molar-refractivity contribution in [3.63, 3.8) is 0 Å². The molecular formula is C21H28N2O2. The van der Waals surface area contributed by atoms with Crippen LogP contribution in [-0.2, 0) is 6.42 Å². The highest BCUT2D eigenvalue weighted by Gasteiger charge is 2.13. The molecular weight excluding hydrogens is 312 g/mol. The Morgan fingerprint density at radius 1 is 1.20 bits per heavy atom. The molecule has 1 unspecified atom stereocenters. The van der Waals surface area contributed by atoms with E-state index in [0.29, 0.717) is 13.0 Å². The van der Waals surface area contributed by atoms with Crippen molar-refractivity contribution in [2.45, 2.75) is 52.6 Å². The van der Waals surface area contributed by atoms with E-state index in [2.05, 4.69) is 11.1 Å². The fourth-order valence-corrected chi connectivity index (χ4v) is 2.66. The first-order valence-electron chi connectivity index (χ1n) is 9.18. The van der Waals surface area contributed by atoms with Crippen molar-refractivity contribution in [3.05, 3.63) is 53.9 Å². The van der Waals surface area contributed by atoms with E-state index in [1.807, 2.05) is 51.2 Å². The van der Waals surface area contributed by atoms with E-state index < -0.39 is 6.10 Å². The van der Waals surface area contributed by atoms with Gasteiger partial charge in [0.05, 0.1) is 11.8 Å². The molecule has 1 aromatic carbocycles. The van der Waals surface area contributed by atoms with Crippen molar-refractivity contribution in [2.75, 3.05) is 6.61 Å². The molecule has 0 spiro atoms. The third-order valence-electron chi connectivity index (χ3n) is 4.07. The molecule has 0 saturated carbocycles. The number of ether oxygens (including phenoxy) is 1. The zero-order chi connectivity index (χ0) is 18.1. The monoisotopic (exact) mass is 340 g/mol. The minimum absolute atomic E-state index is 0.333. The molecule has 0 bridgehead atoms. The third-order valence-corrected chi connectivity index (χ3v) is 4.07. The zero-order valence-electron chi connectivity index (χ0n) is 15.4. The number of fused-ring (bicyclic) bond motifs is 1. The van der Waals surface area contributed by atoms with Crippen LogP contribution in [0.25, 0.3) is 0 Å². The van der Waals surface area contributed by atoms with Crippen LogP contribution in [0.3, 0.4) is 0 Å². The van der Waals surface area contributed by atoms with Gasteiger partial charge in [0.1, 0.15) is 12.4 Å². The van der Waals surface area contributed by atoms with Gasteiger partial charge >= 0.3 is 0 Å². The predicted molar refractivity (Wildman–Crippen MR) is 103 cm³/mol. The summed E-state index contributed by atoms with van der Waals surface area (Å²) in [6, 6.07) is 9.98. The molecule has 0 radical (unpaired) electrons. The number of hydrogen-bond acceptors (Lipinski definition) is 4. The Morgan fingerprint density at radius 2 is 2.04 bits per heavy atom. The molecule has 1 aromatic heterocycles. The van der Waals surface area contributed by atoms with Crippen LogP contribution in [0.4, 0.5) is 5.69 Å². The lowest BCUT2D eigenvalue weighted by atomic mass is 10.0. The fourth-order valence-electron chi connectivity index (χ4n) is 2.66. The van der Waals surface area contributed by atoms with E-state index in [1.54, 1.807) is 6.20 Å². The first-order valence-corrected chi connectivity index (χ1v) is 9.18. The van der Waals surface area contributed by atoms with Crippen LogP contribution in [-0.4, -0.2) is 28.5 Å². The Bertz CT molecular complexity index is 684. The molecule has 0 aliphatic carbocycles. The zero-order valence-corrected chi connectivity index (χ0v) is 15.4. The van der Waals surface area contributed by atoms with Crippen LogP contribution in [0, 0.1) is 0 Å². The van der Waals surface area contributed by atoms with Crippen molar-refractivity contribution in [1.29, 1.82) is 0 Å². The number of aliphatic hydroxyl groups is 1. The Kier molecular flexibility index (Phi) is 7.61. The smallest absolute Gasteiger partial charge is 0.119 e. The van der Waals surface area contributed by atoms with Gasteiger partial charge in [-0.15, -0.1) is 0 Å². The number of aliphatic imine (C=N–C) groups is 1. The quantitative estimate of drug-likeness (QED) is 0.857. The highest BCUT2D eigenvalue weighted by molar-refractivity contribution is 6.02. The molecule has 25 heavy (non-hydrogen) atoms. The van der Waals surface area contributed by atoms with E-state index in [4.69, 9.17) is 9.73 Å². The summed E-state index contributed by atoms with van der Waals surface area (Å²) in [6.45, 7) is 6.28. The van der Waals surface area contributed by atoms with E-state index in [9.17, 15) is 5.11 Å². The molecule has 1 atom stereocenters. The number of hydrogen-bond donors (Lipinski definition) is 1. The van der Waals surface area contributed by atoms with Gasteiger partial charge in [0.25, 0.3) is 0 Å². The topological polar surface area (TPSA) is 54.7 Å². The Balaban J connectivity index is 0.00000109. The maximum Gasteiger partial charge on any atom is 0.119 e. The molecule has 2 aromatic rings. The maximum atomic E-state index is 9.61. The van der Waals surface area contributed by atoms with Crippen molar-refractivity contribution in [1.82, 2.24) is 4.98 Å². The average Bonchev–Trinajstić information content (AvgIpc) is 2.90. The van der Waals surface area contributed by atoms with Crippen LogP contribution in [0.2, 0.25) is 0 Å². The Labute approximate surface area is 150 Å². The summed E-state index contributed by atoms with van der Waals surface area (Å²) >= 11 is 0. The largest absolute Gasteiger partial charge is 0.491 e. The molecule has 4 heteroatoms. The van der Waals surface area contributed by atoms with Gasteiger partial charge in [0.2, 0.25) is 0 Å². The molecule has 2 heterocycles. The minimum atomic E-state index is -0.413. The van der Waals surface area contributed by atoms with Crippen LogP contribution in [0.15, 0.2) is 47.7 Å². The van der Waals surface area contributed by atoms with Crippen LogP contribution >= 0.6 is 0 Å². The molecule has 1 N–H and O–H groups in total. The van der Waals surface area contributed by atoms with Crippen molar-refractivity contribution < 1.29 is 9.84 Å². The Hall–Kier alpha value is -2.20. The lowest BCUT2D eigenvalue weighted by molar-refractivity contribution is 0.104. The molecule has 3 rings (SSSR count). The van der Waals surface area contributed by atoms with E-state index in [-0.39, 0.29) is 0 Å². The first-order chi connectivity index (χ1) is 12.3. The number of aryl methyl sites for hydroxylation is 1. The van der Waals surface area contributed by atoms with E-state index in [0.717, 1.165) is 42.0 Å². The number of benzene rings is 1. The molecule has 0 saturated heterocycles. The van der Waals surface area contributed by atoms with E-state index >= 15 is 0 Å². The van der Waals surface area contributed by atoms with Gasteiger partial charge < -0.3 is 9.84 Å². The van der Waals surface area contributed by atoms with Crippen molar-refractivity contribution in [2.24, 2.45) is 4.99 Å². The maximum absolute atomic E-state index is 9.61. The highest BCUT2D eigenvalue weighted by Crippen LogP contribution is 2.30. The predicted octanol–water partition coefficient (Wildman–Crippen LogP) is 4.71. The van der Waals surface area contributed by atoms with Gasteiger partial charge in [0.15, 0.2) is 0 Å². The van der Waals surface area contributed by atoms with Crippen LogP contribution < -0.4 is 4.74 Å². The summed E-state index contributed by atoms with van der Waals surface area (Å²) < 4.78 is 5.67. The SMILES string of the molecule is CC.CCC(O)COc1ccc2c(c1)CCCC(c1cccnc1)=N2. The lowest BCUT2D eigenvalue weighted by Crippen LogP contribution is -2.16. The van der Waals surface area contributed by atoms with Crippen LogP contribution in [0.1, 0.15) is 51.2 Å². The Morgan fingerprint density at radius 3 is 2.76 bits per heavy atom. The number of aliphatic hydroxyl groups excluding tert-OH is 1. The second kappa shape index (κ2) is 9.94. The summed E-state index contributed by atoms with van der Waals surface area (Å²) in [7, 11) is 0. The fraction of sp³-hybridized carbons (Fsp3) is 0.429. The lowest BCUT2D eigenvalue weighted by Gasteiger charge is -2.12. The molecule has 4 nitrogen and oxygen atoms in total. The van der Waals surface area contributed by atoms with Gasteiger partial charge in [-0.2, -0.15) is 0 Å².